The number of halogens is 1. The number of rotatable bonds is 4. The minimum Gasteiger partial charge on any atom is -0.457 e. The largest absolute Gasteiger partial charge is 0.457 e. The zero-order chi connectivity index (χ0) is 19.3. The molecule has 0 aliphatic heterocycles. The van der Waals surface area contributed by atoms with Gasteiger partial charge in [0, 0.05) is 23.8 Å². The van der Waals surface area contributed by atoms with E-state index >= 15 is 0 Å². The van der Waals surface area contributed by atoms with E-state index in [0.29, 0.717) is 11.3 Å². The van der Waals surface area contributed by atoms with E-state index in [-0.39, 0.29) is 33.3 Å². The van der Waals surface area contributed by atoms with Crippen molar-refractivity contribution < 1.29 is 9.34 Å². The number of nitro groups is 1. The van der Waals surface area contributed by atoms with Crippen LogP contribution in [-0.4, -0.2) is 4.92 Å². The number of furan rings is 1. The van der Waals surface area contributed by atoms with Gasteiger partial charge in [0.2, 0.25) is 0 Å². The smallest absolute Gasteiger partial charge is 0.270 e. The number of benzene rings is 1. The van der Waals surface area contributed by atoms with Crippen LogP contribution in [0, 0.1) is 44.1 Å². The van der Waals surface area contributed by atoms with Crippen LogP contribution in [0.5, 0.6) is 0 Å². The molecule has 2 rings (SSSR count). The van der Waals surface area contributed by atoms with Gasteiger partial charge in [-0.3, -0.25) is 10.1 Å². The molecule has 1 aromatic heterocycles. The lowest BCUT2D eigenvalue weighted by atomic mass is 10.1. The maximum atomic E-state index is 10.8. The topological polar surface area (TPSA) is 154 Å². The highest BCUT2D eigenvalue weighted by Crippen LogP contribution is 2.32. The quantitative estimate of drug-likeness (QED) is 0.375. The Labute approximate surface area is 152 Å². The average Bonchev–Trinajstić information content (AvgIpc) is 3.08. The summed E-state index contributed by atoms with van der Waals surface area (Å²) in [6.07, 6.45) is 1.27. The Morgan fingerprint density at radius 1 is 1.19 bits per heavy atom. The molecule has 0 spiro atoms. The fraction of sp³-hybridized carbons (Fsp3) is 0. The lowest BCUT2D eigenvalue weighted by molar-refractivity contribution is -0.384. The Bertz CT molecular complexity index is 1060. The van der Waals surface area contributed by atoms with Crippen LogP contribution in [-0.2, 0) is 0 Å². The van der Waals surface area contributed by atoms with Gasteiger partial charge >= 0.3 is 0 Å². The van der Waals surface area contributed by atoms with Gasteiger partial charge in [-0.1, -0.05) is 11.6 Å². The second-order valence-electron chi connectivity index (χ2n) is 4.81. The zero-order valence-electron chi connectivity index (χ0n) is 12.9. The fourth-order valence-electron chi connectivity index (χ4n) is 1.99. The Balaban J connectivity index is 2.44. The van der Waals surface area contributed by atoms with Crippen molar-refractivity contribution in [3.8, 4) is 29.5 Å². The molecule has 0 radical (unpaired) electrons. The van der Waals surface area contributed by atoms with Crippen LogP contribution in [0.3, 0.4) is 0 Å². The van der Waals surface area contributed by atoms with Gasteiger partial charge in [0.15, 0.2) is 5.57 Å². The van der Waals surface area contributed by atoms with Crippen LogP contribution in [0.25, 0.3) is 17.4 Å². The lowest BCUT2D eigenvalue weighted by Gasteiger charge is -2.01. The third-order valence-electron chi connectivity index (χ3n) is 3.25. The van der Waals surface area contributed by atoms with Crippen molar-refractivity contribution in [2.24, 2.45) is 5.73 Å². The zero-order valence-corrected chi connectivity index (χ0v) is 13.7. The van der Waals surface area contributed by atoms with Crippen LogP contribution in [0.1, 0.15) is 5.76 Å². The highest BCUT2D eigenvalue weighted by molar-refractivity contribution is 6.33. The van der Waals surface area contributed by atoms with Gasteiger partial charge in [0.1, 0.15) is 29.7 Å². The number of hydrogen-bond acceptors (Lipinski definition) is 7. The van der Waals surface area contributed by atoms with Crippen molar-refractivity contribution in [3.05, 3.63) is 68.1 Å². The van der Waals surface area contributed by atoms with Gasteiger partial charge in [0.05, 0.1) is 21.2 Å². The van der Waals surface area contributed by atoms with E-state index < -0.39 is 4.92 Å². The Hall–Kier alpha value is -4.06. The van der Waals surface area contributed by atoms with Crippen molar-refractivity contribution in [2.75, 3.05) is 0 Å². The Morgan fingerprint density at radius 2 is 1.88 bits per heavy atom. The van der Waals surface area contributed by atoms with Crippen LogP contribution in [0.4, 0.5) is 5.69 Å². The van der Waals surface area contributed by atoms with E-state index in [0.717, 1.165) is 0 Å². The molecule has 1 aromatic carbocycles. The van der Waals surface area contributed by atoms with Crippen LogP contribution in [0.15, 0.2) is 51.6 Å². The molecule has 0 aliphatic rings. The summed E-state index contributed by atoms with van der Waals surface area (Å²) < 4.78 is 5.55. The summed E-state index contributed by atoms with van der Waals surface area (Å²) in [4.78, 5) is 10.2. The van der Waals surface area contributed by atoms with E-state index in [1.165, 1.54) is 30.3 Å². The second kappa shape index (κ2) is 7.67. The second-order valence-corrected chi connectivity index (χ2v) is 5.21. The predicted molar refractivity (Wildman–Crippen MR) is 91.8 cm³/mol. The molecule has 0 unspecified atom stereocenters. The van der Waals surface area contributed by atoms with E-state index in [1.807, 2.05) is 0 Å². The van der Waals surface area contributed by atoms with E-state index in [4.69, 9.17) is 32.3 Å². The molecule has 0 atom stereocenters. The maximum absolute atomic E-state index is 10.8. The molecule has 126 valence electrons. The first-order valence-electron chi connectivity index (χ1n) is 6.87. The van der Waals surface area contributed by atoms with Gasteiger partial charge in [0.25, 0.3) is 5.69 Å². The number of nitro benzene ring substituents is 1. The van der Waals surface area contributed by atoms with Gasteiger partial charge < -0.3 is 10.2 Å². The molecule has 8 nitrogen and oxygen atoms in total. The van der Waals surface area contributed by atoms with Crippen molar-refractivity contribution in [1.29, 1.82) is 15.8 Å². The lowest BCUT2D eigenvalue weighted by Crippen LogP contribution is -2.03. The molecule has 0 saturated carbocycles. The third kappa shape index (κ3) is 3.70. The summed E-state index contributed by atoms with van der Waals surface area (Å²) in [7, 11) is 0. The van der Waals surface area contributed by atoms with Crippen molar-refractivity contribution in [2.45, 2.75) is 0 Å². The summed E-state index contributed by atoms with van der Waals surface area (Å²) in [6, 6.07) is 12.0. The minimum atomic E-state index is -0.567. The summed E-state index contributed by atoms with van der Waals surface area (Å²) >= 11 is 6.05. The number of non-ortho nitro benzene ring substituents is 1. The standard InChI is InChI=1S/C17H8ClN5O3/c18-15-6-12(23(24)25)1-3-14(15)16-4-2-13(26-16)5-10(7-19)17(22)11(8-20)9-21/h1-6H,22H2/b10-5+. The molecule has 1 heterocycles. The normalized spacial score (nSPS) is 10.3. The predicted octanol–water partition coefficient (Wildman–Crippen LogP) is 3.68. The highest BCUT2D eigenvalue weighted by Gasteiger charge is 2.14. The molecule has 9 heteroatoms. The first-order valence-corrected chi connectivity index (χ1v) is 7.25. The summed E-state index contributed by atoms with van der Waals surface area (Å²) in [5.74, 6) is 0.543. The number of hydrogen-bond donors (Lipinski definition) is 1. The van der Waals surface area contributed by atoms with Crippen molar-refractivity contribution in [3.63, 3.8) is 0 Å². The average molecular weight is 366 g/mol. The molecular weight excluding hydrogens is 358 g/mol. The van der Waals surface area contributed by atoms with Crippen molar-refractivity contribution in [1.82, 2.24) is 0 Å². The number of nitrogens with zero attached hydrogens (tertiary/aromatic N) is 4. The fourth-order valence-corrected chi connectivity index (χ4v) is 2.25. The van der Waals surface area contributed by atoms with E-state index in [9.17, 15) is 15.4 Å². The maximum Gasteiger partial charge on any atom is 0.270 e. The SMILES string of the molecule is N#CC(C#N)=C(N)/C(C#N)=C/c1ccc(-c2ccc([N+](=O)[O-])cc2Cl)o1. The van der Waals surface area contributed by atoms with E-state index in [2.05, 4.69) is 0 Å². The molecule has 2 aromatic rings. The monoisotopic (exact) mass is 365 g/mol. The van der Waals surface area contributed by atoms with Gasteiger partial charge in [-0.2, -0.15) is 15.8 Å². The highest BCUT2D eigenvalue weighted by atomic mass is 35.5. The summed E-state index contributed by atoms with van der Waals surface area (Å²) in [6.45, 7) is 0. The van der Waals surface area contributed by atoms with Gasteiger partial charge in [-0.05, 0) is 18.2 Å². The molecule has 0 amide bonds. The number of nitriles is 3. The Morgan fingerprint density at radius 3 is 2.42 bits per heavy atom. The first-order chi connectivity index (χ1) is 12.4. The minimum absolute atomic E-state index is 0.112. The molecule has 0 aliphatic carbocycles. The number of allylic oxidation sites excluding steroid dienone is 2. The Kier molecular flexibility index (Phi) is 5.40. The molecule has 0 fully saturated rings. The summed E-state index contributed by atoms with van der Waals surface area (Å²) in [5, 5.41) is 37.7. The van der Waals surface area contributed by atoms with Gasteiger partial charge in [-0.15, -0.1) is 0 Å². The van der Waals surface area contributed by atoms with E-state index in [1.54, 1.807) is 24.3 Å². The first kappa shape index (κ1) is 18.3. The summed E-state index contributed by atoms with van der Waals surface area (Å²) in [5.41, 5.74) is 5.16. The third-order valence-corrected chi connectivity index (χ3v) is 3.56. The number of nitrogens with two attached hydrogens (primary N) is 1. The van der Waals surface area contributed by atoms with Gasteiger partial charge in [-0.25, -0.2) is 0 Å². The molecule has 26 heavy (non-hydrogen) atoms. The van der Waals surface area contributed by atoms with Crippen molar-refractivity contribution >= 4 is 23.4 Å². The molecule has 0 saturated heterocycles. The van der Waals surface area contributed by atoms with Crippen LogP contribution < -0.4 is 5.73 Å². The molecule has 2 N–H and O–H groups in total. The van der Waals surface area contributed by atoms with Crippen LogP contribution >= 0.6 is 11.6 Å². The molecule has 0 bridgehead atoms. The van der Waals surface area contributed by atoms with Crippen LogP contribution in [0.2, 0.25) is 5.02 Å². The molecular formula is C17H8ClN5O3.